The Morgan fingerprint density at radius 2 is 1.41 bits per heavy atom. The summed E-state index contributed by atoms with van der Waals surface area (Å²) in [6, 6.07) is -0.0471. The monoisotopic (exact) mass is 497 g/mol. The molecule has 1 heterocycles. The summed E-state index contributed by atoms with van der Waals surface area (Å²) in [6.07, 6.45) is -0.913. The Labute approximate surface area is 202 Å². The van der Waals surface area contributed by atoms with E-state index in [1.807, 2.05) is 0 Å². The van der Waals surface area contributed by atoms with Crippen molar-refractivity contribution in [1.82, 2.24) is 4.57 Å². The number of rotatable bonds is 6. The van der Waals surface area contributed by atoms with Crippen LogP contribution in [0.15, 0.2) is 0 Å². The Hall–Kier alpha value is -0.399. The highest BCUT2D eigenvalue weighted by atomic mass is 28.4. The molecule has 4 nitrogen and oxygen atoms in total. The lowest BCUT2D eigenvalue weighted by Gasteiger charge is -2.62. The first-order chi connectivity index (χ1) is 14.0. The molecule has 0 spiro atoms. The quantitative estimate of drug-likeness (QED) is 0.274. The van der Waals surface area contributed by atoms with Crippen LogP contribution in [0, 0.1) is 23.3 Å². The zero-order valence-electron chi connectivity index (χ0n) is 23.6. The molecule has 0 saturated carbocycles. The predicted octanol–water partition coefficient (Wildman–Crippen LogP) is 6.11. The van der Waals surface area contributed by atoms with Crippen molar-refractivity contribution in [1.29, 1.82) is 0 Å². The molecule has 1 rings (SSSR count). The summed E-state index contributed by atoms with van der Waals surface area (Å²) in [7, 11) is -5.73. The van der Waals surface area contributed by atoms with E-state index < -0.39 is 30.7 Å². The van der Waals surface area contributed by atoms with E-state index in [0.29, 0.717) is 0 Å². The van der Waals surface area contributed by atoms with Gasteiger partial charge in [0, 0.05) is 12.0 Å². The van der Waals surface area contributed by atoms with Gasteiger partial charge in [-0.25, -0.2) is 0 Å². The van der Waals surface area contributed by atoms with Gasteiger partial charge in [0.2, 0.25) is 5.91 Å². The number of amides is 1. The van der Waals surface area contributed by atoms with Crippen molar-refractivity contribution in [2.45, 2.75) is 130 Å². The molecular formula is C25H51NO3Si3. The topological polar surface area (TPSA) is 49.8 Å². The van der Waals surface area contributed by atoms with Crippen LogP contribution in [0.4, 0.5) is 0 Å². The molecule has 0 aromatic heterocycles. The van der Waals surface area contributed by atoms with Gasteiger partial charge in [-0.05, 0) is 30.1 Å². The minimum Gasteiger partial charge on any atom is -0.413 e. The maximum absolute atomic E-state index is 13.7. The lowest BCUT2D eigenvalue weighted by atomic mass is 9.77. The summed E-state index contributed by atoms with van der Waals surface area (Å²) in [5.41, 5.74) is 3.33. The summed E-state index contributed by atoms with van der Waals surface area (Å²) < 4.78 is 8.85. The van der Waals surface area contributed by atoms with Gasteiger partial charge in [-0.1, -0.05) is 87.1 Å². The third-order valence-corrected chi connectivity index (χ3v) is 18.9. The van der Waals surface area contributed by atoms with Gasteiger partial charge in [0.25, 0.3) is 0 Å². The molecule has 0 radical (unpaired) electrons. The van der Waals surface area contributed by atoms with Gasteiger partial charge in [0.05, 0.1) is 12.0 Å². The first-order valence-electron chi connectivity index (χ1n) is 12.2. The fourth-order valence-electron chi connectivity index (χ4n) is 3.91. The van der Waals surface area contributed by atoms with Gasteiger partial charge in [0.1, 0.15) is 14.2 Å². The number of hydrogen-bond donors (Lipinski definition) is 1. The Morgan fingerprint density at radius 1 is 0.938 bits per heavy atom. The lowest BCUT2D eigenvalue weighted by Crippen LogP contribution is -2.77. The van der Waals surface area contributed by atoms with Crippen molar-refractivity contribution in [3.63, 3.8) is 0 Å². The first-order valence-corrected chi connectivity index (χ1v) is 21.5. The minimum atomic E-state index is -2.11. The van der Waals surface area contributed by atoms with Crippen LogP contribution in [-0.2, 0) is 9.22 Å². The van der Waals surface area contributed by atoms with Crippen LogP contribution in [0.1, 0.15) is 55.4 Å². The highest BCUT2D eigenvalue weighted by Crippen LogP contribution is 2.49. The average Bonchev–Trinajstić information content (AvgIpc) is 2.53. The Bertz CT molecular complexity index is 748. The second-order valence-electron chi connectivity index (χ2n) is 13.9. The number of aliphatic hydroxyl groups excluding tert-OH is 1. The zero-order valence-corrected chi connectivity index (χ0v) is 26.6. The normalized spacial score (nSPS) is 23.8. The first kappa shape index (κ1) is 29.6. The number of nitrogens with zero attached hydrogens (tertiary/aromatic N) is 1. The molecule has 5 atom stereocenters. The van der Waals surface area contributed by atoms with E-state index in [0.717, 1.165) is 0 Å². The summed E-state index contributed by atoms with van der Waals surface area (Å²) >= 11 is 0. The maximum atomic E-state index is 13.7. The molecule has 0 aromatic carbocycles. The molecule has 1 fully saturated rings. The van der Waals surface area contributed by atoms with Gasteiger partial charge in [-0.3, -0.25) is 4.79 Å². The summed E-state index contributed by atoms with van der Waals surface area (Å²) in [6.45, 7) is 33.1. The lowest BCUT2D eigenvalue weighted by molar-refractivity contribution is -0.159. The molecule has 1 aliphatic heterocycles. The number of carbonyl (C=O) groups excluding carboxylic acids is 1. The average molecular weight is 498 g/mol. The fourth-order valence-corrected chi connectivity index (χ4v) is 8.48. The van der Waals surface area contributed by atoms with E-state index in [2.05, 4.69) is 117 Å². The molecule has 1 saturated heterocycles. The standard InChI is InChI=1S/C25H51NO3Si3/c1-18(20(27)16-17-30(9,10)11)22-21(19(2)29-32(14,15)25(6,7)8)23(28)26(22)31(12,13)24(3,4)5/h18-22,27H,1-15H3/t18-,19-,20+,21-,22-/m1/s1. The van der Waals surface area contributed by atoms with Crippen LogP contribution in [0.2, 0.25) is 55.9 Å². The molecule has 0 unspecified atom stereocenters. The molecule has 7 heteroatoms. The highest BCUT2D eigenvalue weighted by Gasteiger charge is 2.61. The molecule has 1 N–H and O–H groups in total. The smallest absolute Gasteiger partial charge is 0.222 e. The third-order valence-electron chi connectivity index (χ3n) is 8.05. The van der Waals surface area contributed by atoms with Crippen molar-refractivity contribution in [2.75, 3.05) is 0 Å². The van der Waals surface area contributed by atoms with Gasteiger partial charge in [-0.2, -0.15) is 0 Å². The van der Waals surface area contributed by atoms with Gasteiger partial charge in [0.15, 0.2) is 16.6 Å². The summed E-state index contributed by atoms with van der Waals surface area (Å²) in [5, 5.41) is 11.2. The summed E-state index contributed by atoms with van der Waals surface area (Å²) in [4.78, 5) is 13.7. The molecule has 0 aromatic rings. The number of carbonyl (C=O) groups is 1. The van der Waals surface area contributed by atoms with E-state index >= 15 is 0 Å². The van der Waals surface area contributed by atoms with Crippen LogP contribution >= 0.6 is 0 Å². The fraction of sp³-hybridized carbons (Fsp3) is 0.880. The van der Waals surface area contributed by atoms with Gasteiger partial charge < -0.3 is 14.1 Å². The van der Waals surface area contributed by atoms with E-state index in [1.165, 1.54) is 0 Å². The van der Waals surface area contributed by atoms with Crippen molar-refractivity contribution in [3.05, 3.63) is 0 Å². The second-order valence-corrected chi connectivity index (χ2v) is 28.5. The minimum absolute atomic E-state index is 0.0318. The Morgan fingerprint density at radius 3 is 1.78 bits per heavy atom. The Balaban J connectivity index is 3.38. The van der Waals surface area contributed by atoms with E-state index in [9.17, 15) is 9.90 Å². The molecule has 32 heavy (non-hydrogen) atoms. The van der Waals surface area contributed by atoms with E-state index in [4.69, 9.17) is 4.43 Å². The number of aliphatic hydroxyl groups is 1. The largest absolute Gasteiger partial charge is 0.413 e. The molecule has 1 amide bonds. The van der Waals surface area contributed by atoms with Crippen molar-refractivity contribution >= 4 is 30.5 Å². The zero-order chi connectivity index (χ0) is 25.7. The third kappa shape index (κ3) is 6.18. The molecule has 0 aliphatic carbocycles. The van der Waals surface area contributed by atoms with Crippen LogP contribution < -0.4 is 0 Å². The van der Waals surface area contributed by atoms with E-state index in [1.54, 1.807) is 0 Å². The Kier molecular flexibility index (Phi) is 8.64. The predicted molar refractivity (Wildman–Crippen MR) is 145 cm³/mol. The highest BCUT2D eigenvalue weighted by molar-refractivity contribution is 6.83. The number of hydrogen-bond acceptors (Lipinski definition) is 3. The maximum Gasteiger partial charge on any atom is 0.222 e. The van der Waals surface area contributed by atoms with Crippen molar-refractivity contribution < 1.29 is 14.3 Å². The molecule has 186 valence electrons. The van der Waals surface area contributed by atoms with E-state index in [-0.39, 0.29) is 40.0 Å². The van der Waals surface area contributed by atoms with Crippen molar-refractivity contribution in [3.8, 4) is 11.5 Å². The van der Waals surface area contributed by atoms with Crippen LogP contribution in [0.25, 0.3) is 0 Å². The van der Waals surface area contributed by atoms with Crippen LogP contribution in [0.5, 0.6) is 0 Å². The molecular weight excluding hydrogens is 447 g/mol. The second kappa shape index (κ2) is 9.33. The van der Waals surface area contributed by atoms with Crippen molar-refractivity contribution in [2.24, 2.45) is 11.8 Å². The molecule has 0 bridgehead atoms. The van der Waals surface area contributed by atoms with Gasteiger partial charge in [-0.15, -0.1) is 5.54 Å². The van der Waals surface area contributed by atoms with Crippen LogP contribution in [0.3, 0.4) is 0 Å². The SMILES string of the molecule is C[C@@H]([C@@H]1[C@@H]([C@@H](C)O[Si](C)(C)C(C)(C)C)C(=O)N1[Si](C)(C)C(C)(C)C)[C@@H](O)C#C[Si](C)(C)C. The molecule has 1 aliphatic rings. The van der Waals surface area contributed by atoms with Gasteiger partial charge >= 0.3 is 0 Å². The number of β-lactam (4-membered cyclic amide) rings is 1. The summed E-state index contributed by atoms with van der Waals surface area (Å²) in [5.74, 6) is 2.99. The van der Waals surface area contributed by atoms with Crippen LogP contribution in [-0.4, -0.2) is 58.5 Å².